The van der Waals surface area contributed by atoms with Crippen molar-refractivity contribution in [2.45, 2.75) is 30.1 Å². The molecule has 2 atom stereocenters. The second kappa shape index (κ2) is 5.65. The van der Waals surface area contributed by atoms with Crippen LogP contribution in [0.3, 0.4) is 0 Å². The molecule has 1 aromatic carbocycles. The van der Waals surface area contributed by atoms with Crippen LogP contribution in [0.5, 0.6) is 0 Å². The third-order valence-corrected chi connectivity index (χ3v) is 5.03. The number of anilines is 1. The van der Waals surface area contributed by atoms with Gasteiger partial charge in [-0.25, -0.2) is 8.42 Å². The summed E-state index contributed by atoms with van der Waals surface area (Å²) in [6.45, 7) is 2.74. The SMILES string of the molecule is CC1CN(c2ccccc2S(=O)(=O)C(F)F)CCC1O. The van der Waals surface area contributed by atoms with Crippen molar-refractivity contribution in [3.8, 4) is 0 Å². The van der Waals surface area contributed by atoms with Crippen molar-refractivity contribution in [3.05, 3.63) is 24.3 Å². The lowest BCUT2D eigenvalue weighted by Crippen LogP contribution is -2.42. The summed E-state index contributed by atoms with van der Waals surface area (Å²) in [5, 5.41) is 9.69. The van der Waals surface area contributed by atoms with Gasteiger partial charge in [-0.1, -0.05) is 19.1 Å². The van der Waals surface area contributed by atoms with Gasteiger partial charge in [-0.15, -0.1) is 0 Å². The highest BCUT2D eigenvalue weighted by atomic mass is 32.2. The normalized spacial score (nSPS) is 24.1. The van der Waals surface area contributed by atoms with E-state index >= 15 is 0 Å². The van der Waals surface area contributed by atoms with Crippen LogP contribution >= 0.6 is 0 Å². The molecule has 4 nitrogen and oxygen atoms in total. The first-order valence-electron chi connectivity index (χ1n) is 6.38. The van der Waals surface area contributed by atoms with Crippen molar-refractivity contribution in [3.63, 3.8) is 0 Å². The number of aliphatic hydroxyl groups is 1. The van der Waals surface area contributed by atoms with E-state index in [4.69, 9.17) is 0 Å². The molecule has 2 unspecified atom stereocenters. The van der Waals surface area contributed by atoms with Crippen LogP contribution < -0.4 is 4.90 Å². The molecule has 0 aromatic heterocycles. The molecule has 0 saturated carbocycles. The van der Waals surface area contributed by atoms with Gasteiger partial charge in [0.15, 0.2) is 0 Å². The van der Waals surface area contributed by atoms with E-state index in [0.29, 0.717) is 19.5 Å². The lowest BCUT2D eigenvalue weighted by Gasteiger charge is -2.36. The molecule has 0 aliphatic carbocycles. The van der Waals surface area contributed by atoms with Gasteiger partial charge >= 0.3 is 5.76 Å². The molecule has 1 aromatic rings. The number of para-hydroxylation sites is 1. The van der Waals surface area contributed by atoms with E-state index in [1.54, 1.807) is 11.0 Å². The smallest absolute Gasteiger partial charge is 0.341 e. The van der Waals surface area contributed by atoms with Gasteiger partial charge in [0, 0.05) is 13.1 Å². The molecule has 7 heteroatoms. The largest absolute Gasteiger partial charge is 0.393 e. The molecule has 0 radical (unpaired) electrons. The highest BCUT2D eigenvalue weighted by molar-refractivity contribution is 7.91. The Morgan fingerprint density at radius 3 is 2.60 bits per heavy atom. The Kier molecular flexibility index (Phi) is 4.29. The zero-order chi connectivity index (χ0) is 14.9. The van der Waals surface area contributed by atoms with E-state index in [0.717, 1.165) is 0 Å². The minimum atomic E-state index is -4.63. The summed E-state index contributed by atoms with van der Waals surface area (Å²) in [5.41, 5.74) is 0.284. The maximum Gasteiger partial charge on any atom is 0.341 e. The Morgan fingerprint density at radius 2 is 2.00 bits per heavy atom. The topological polar surface area (TPSA) is 57.6 Å². The molecule has 1 aliphatic heterocycles. The predicted octanol–water partition coefficient (Wildman–Crippen LogP) is 1.89. The molecule has 2 rings (SSSR count). The molecule has 112 valence electrons. The molecular weight excluding hydrogens is 288 g/mol. The van der Waals surface area contributed by atoms with Crippen LogP contribution in [-0.4, -0.2) is 38.5 Å². The van der Waals surface area contributed by atoms with Crippen LogP contribution in [0, 0.1) is 5.92 Å². The van der Waals surface area contributed by atoms with Gasteiger partial charge in [0.25, 0.3) is 0 Å². The number of halogens is 2. The summed E-state index contributed by atoms with van der Waals surface area (Å²) in [5.74, 6) is -3.47. The van der Waals surface area contributed by atoms with E-state index in [1.165, 1.54) is 18.2 Å². The van der Waals surface area contributed by atoms with E-state index in [9.17, 15) is 22.3 Å². The highest BCUT2D eigenvalue weighted by Gasteiger charge is 2.32. The quantitative estimate of drug-likeness (QED) is 0.926. The van der Waals surface area contributed by atoms with Crippen molar-refractivity contribution in [2.24, 2.45) is 5.92 Å². The van der Waals surface area contributed by atoms with Crippen LogP contribution in [0.15, 0.2) is 29.2 Å². The number of hydrogen-bond donors (Lipinski definition) is 1. The Balaban J connectivity index is 2.39. The fourth-order valence-electron chi connectivity index (χ4n) is 2.41. The standard InChI is InChI=1S/C13H17F2NO3S/c1-9-8-16(7-6-11(9)17)10-4-2-3-5-12(10)20(18,19)13(14)15/h2-5,9,11,13,17H,6-8H2,1H3. The number of rotatable bonds is 3. The number of hydrogen-bond acceptors (Lipinski definition) is 4. The van der Waals surface area contributed by atoms with Gasteiger partial charge in [-0.3, -0.25) is 0 Å². The Labute approximate surface area is 116 Å². The summed E-state index contributed by atoms with van der Waals surface area (Å²) in [4.78, 5) is 1.39. The second-order valence-electron chi connectivity index (χ2n) is 5.05. The van der Waals surface area contributed by atoms with Gasteiger partial charge in [-0.05, 0) is 24.5 Å². The Hall–Kier alpha value is -1.21. The first kappa shape index (κ1) is 15.2. The van der Waals surface area contributed by atoms with Gasteiger partial charge in [-0.2, -0.15) is 8.78 Å². The van der Waals surface area contributed by atoms with E-state index < -0.39 is 21.7 Å². The molecule has 1 N–H and O–H groups in total. The van der Waals surface area contributed by atoms with Crippen LogP contribution in [0.25, 0.3) is 0 Å². The summed E-state index contributed by atoms with van der Waals surface area (Å²) < 4.78 is 48.9. The molecule has 1 fully saturated rings. The first-order chi connectivity index (χ1) is 9.34. The average Bonchev–Trinajstić information content (AvgIpc) is 2.41. The Bertz CT molecular complexity index is 577. The summed E-state index contributed by atoms with van der Waals surface area (Å²) in [6.07, 6.45) is 0.0506. The minimum absolute atomic E-state index is 0.0361. The molecule has 1 heterocycles. The molecule has 1 saturated heterocycles. The lowest BCUT2D eigenvalue weighted by molar-refractivity contribution is 0.0969. The van der Waals surface area contributed by atoms with Crippen LogP contribution in [-0.2, 0) is 9.84 Å². The van der Waals surface area contributed by atoms with Gasteiger partial charge in [0.1, 0.15) is 0 Å². The highest BCUT2D eigenvalue weighted by Crippen LogP contribution is 2.31. The maximum atomic E-state index is 12.7. The zero-order valence-corrected chi connectivity index (χ0v) is 11.9. The van der Waals surface area contributed by atoms with E-state index in [1.807, 2.05) is 6.92 Å². The number of benzene rings is 1. The minimum Gasteiger partial charge on any atom is -0.393 e. The summed E-state index contributed by atoms with van der Waals surface area (Å²) in [6, 6.07) is 5.78. The second-order valence-corrected chi connectivity index (χ2v) is 6.94. The monoisotopic (exact) mass is 305 g/mol. The molecular formula is C13H17F2NO3S. The first-order valence-corrected chi connectivity index (χ1v) is 7.92. The van der Waals surface area contributed by atoms with Crippen molar-refractivity contribution in [1.82, 2.24) is 0 Å². The Morgan fingerprint density at radius 1 is 1.35 bits per heavy atom. The van der Waals surface area contributed by atoms with Crippen molar-refractivity contribution in [1.29, 1.82) is 0 Å². The summed E-state index contributed by atoms with van der Waals surface area (Å²) >= 11 is 0. The third-order valence-electron chi connectivity index (χ3n) is 3.61. The zero-order valence-electron chi connectivity index (χ0n) is 11.0. The summed E-state index contributed by atoms with van der Waals surface area (Å²) in [7, 11) is -4.63. The molecule has 20 heavy (non-hydrogen) atoms. The van der Waals surface area contributed by atoms with E-state index in [2.05, 4.69) is 0 Å². The van der Waals surface area contributed by atoms with Gasteiger partial charge < -0.3 is 10.0 Å². The molecule has 0 amide bonds. The lowest BCUT2D eigenvalue weighted by atomic mass is 9.96. The van der Waals surface area contributed by atoms with Gasteiger partial charge in [0.2, 0.25) is 9.84 Å². The number of alkyl halides is 2. The number of aliphatic hydroxyl groups excluding tert-OH is 1. The van der Waals surface area contributed by atoms with E-state index in [-0.39, 0.29) is 16.5 Å². The molecule has 1 aliphatic rings. The van der Waals surface area contributed by atoms with Crippen molar-refractivity contribution < 1.29 is 22.3 Å². The molecule has 0 bridgehead atoms. The fourth-order valence-corrected chi connectivity index (χ4v) is 3.36. The maximum absolute atomic E-state index is 12.7. The van der Waals surface area contributed by atoms with Crippen molar-refractivity contribution in [2.75, 3.05) is 18.0 Å². The van der Waals surface area contributed by atoms with Crippen LogP contribution in [0.1, 0.15) is 13.3 Å². The van der Waals surface area contributed by atoms with Crippen LogP contribution in [0.2, 0.25) is 0 Å². The fraction of sp³-hybridized carbons (Fsp3) is 0.538. The third kappa shape index (κ3) is 2.78. The molecule has 0 spiro atoms. The number of sulfone groups is 1. The number of nitrogens with zero attached hydrogens (tertiary/aromatic N) is 1. The average molecular weight is 305 g/mol. The van der Waals surface area contributed by atoms with Crippen LogP contribution in [0.4, 0.5) is 14.5 Å². The van der Waals surface area contributed by atoms with Crippen molar-refractivity contribution >= 4 is 15.5 Å². The predicted molar refractivity (Wildman–Crippen MR) is 71.6 cm³/mol. The number of piperidine rings is 1. The van der Waals surface area contributed by atoms with Gasteiger partial charge in [0.05, 0.1) is 16.7 Å².